The van der Waals surface area contributed by atoms with Crippen LogP contribution >= 0.6 is 15.9 Å². The third-order valence-electron chi connectivity index (χ3n) is 2.49. The van der Waals surface area contributed by atoms with Crippen LogP contribution in [-0.4, -0.2) is 26.4 Å². The predicted molar refractivity (Wildman–Crippen MR) is 73.5 cm³/mol. The Balaban J connectivity index is 2.61. The molecular weight excluding hydrogens is 282 g/mol. The largest absolute Gasteiger partial charge is 0.496 e. The van der Waals surface area contributed by atoms with Gasteiger partial charge in [-0.2, -0.15) is 0 Å². The minimum Gasteiger partial charge on any atom is -0.496 e. The summed E-state index contributed by atoms with van der Waals surface area (Å²) < 4.78 is 11.3. The predicted octanol–water partition coefficient (Wildman–Crippen LogP) is 2.97. The second-order valence-electron chi connectivity index (χ2n) is 4.64. The number of ether oxygens (including phenoxy) is 2. The average molecular weight is 302 g/mol. The molecule has 0 atom stereocenters. The van der Waals surface area contributed by atoms with Gasteiger partial charge in [0.15, 0.2) is 0 Å². The zero-order chi connectivity index (χ0) is 12.9. The maximum Gasteiger partial charge on any atom is 0.133 e. The van der Waals surface area contributed by atoms with Crippen molar-refractivity contribution in [1.82, 2.24) is 5.32 Å². The summed E-state index contributed by atoms with van der Waals surface area (Å²) in [5.74, 6) is 0.852. The van der Waals surface area contributed by atoms with Gasteiger partial charge < -0.3 is 14.8 Å². The van der Waals surface area contributed by atoms with Gasteiger partial charge in [0.1, 0.15) is 5.75 Å². The lowest BCUT2D eigenvalue weighted by Gasteiger charge is -2.25. The second kappa shape index (κ2) is 6.38. The molecule has 0 heterocycles. The molecule has 0 spiro atoms. The lowest BCUT2D eigenvalue weighted by atomic mass is 10.1. The molecule has 3 nitrogen and oxygen atoms in total. The first-order valence-electron chi connectivity index (χ1n) is 5.55. The summed E-state index contributed by atoms with van der Waals surface area (Å²) in [7, 11) is 3.38. The summed E-state index contributed by atoms with van der Waals surface area (Å²) in [4.78, 5) is 0. The van der Waals surface area contributed by atoms with E-state index in [1.54, 1.807) is 14.2 Å². The van der Waals surface area contributed by atoms with Crippen LogP contribution in [-0.2, 0) is 11.3 Å². The zero-order valence-electron chi connectivity index (χ0n) is 10.8. The van der Waals surface area contributed by atoms with Crippen molar-refractivity contribution in [3.8, 4) is 5.75 Å². The monoisotopic (exact) mass is 301 g/mol. The van der Waals surface area contributed by atoms with Crippen LogP contribution in [0.15, 0.2) is 22.7 Å². The minimum atomic E-state index is -0.0266. The topological polar surface area (TPSA) is 30.5 Å². The van der Waals surface area contributed by atoms with E-state index in [1.165, 1.54) is 5.56 Å². The number of hydrogen-bond donors (Lipinski definition) is 1. The molecule has 1 aromatic rings. The molecule has 0 saturated heterocycles. The first-order valence-corrected chi connectivity index (χ1v) is 6.34. The fourth-order valence-corrected chi connectivity index (χ4v) is 2.16. The van der Waals surface area contributed by atoms with Gasteiger partial charge >= 0.3 is 0 Å². The summed E-state index contributed by atoms with van der Waals surface area (Å²) in [6, 6.07) is 6.08. The van der Waals surface area contributed by atoms with Gasteiger partial charge in [-0.3, -0.25) is 0 Å². The molecule has 0 saturated carbocycles. The van der Waals surface area contributed by atoms with Gasteiger partial charge in [-0.15, -0.1) is 0 Å². The number of hydrogen-bond acceptors (Lipinski definition) is 3. The molecule has 1 aromatic carbocycles. The van der Waals surface area contributed by atoms with E-state index < -0.39 is 0 Å². The molecule has 0 aliphatic rings. The molecule has 1 N–H and O–H groups in total. The van der Waals surface area contributed by atoms with E-state index in [-0.39, 0.29) is 5.54 Å². The minimum absolute atomic E-state index is 0.0266. The van der Waals surface area contributed by atoms with E-state index in [9.17, 15) is 0 Å². The molecule has 0 bridgehead atoms. The highest BCUT2D eigenvalue weighted by molar-refractivity contribution is 9.10. The number of nitrogens with one attached hydrogen (secondary N) is 1. The van der Waals surface area contributed by atoms with Gasteiger partial charge in [-0.1, -0.05) is 6.07 Å². The van der Waals surface area contributed by atoms with E-state index in [1.807, 2.05) is 6.07 Å². The highest BCUT2D eigenvalue weighted by Gasteiger charge is 2.16. The Labute approximate surface area is 112 Å². The molecule has 0 aromatic heterocycles. The van der Waals surface area contributed by atoms with E-state index in [0.717, 1.165) is 16.8 Å². The smallest absolute Gasteiger partial charge is 0.133 e. The van der Waals surface area contributed by atoms with Crippen molar-refractivity contribution in [2.45, 2.75) is 25.9 Å². The van der Waals surface area contributed by atoms with Crippen LogP contribution in [0.25, 0.3) is 0 Å². The molecule has 0 fully saturated rings. The fourth-order valence-electron chi connectivity index (χ4n) is 1.57. The highest BCUT2D eigenvalue weighted by atomic mass is 79.9. The number of rotatable bonds is 6. The lowest BCUT2D eigenvalue weighted by Crippen LogP contribution is -2.42. The van der Waals surface area contributed by atoms with Crippen LogP contribution < -0.4 is 10.1 Å². The molecule has 96 valence electrons. The molecule has 0 unspecified atom stereocenters. The van der Waals surface area contributed by atoms with Gasteiger partial charge in [0.25, 0.3) is 0 Å². The maximum absolute atomic E-state index is 5.20. The highest BCUT2D eigenvalue weighted by Crippen LogP contribution is 2.25. The van der Waals surface area contributed by atoms with Gasteiger partial charge in [0, 0.05) is 19.2 Å². The van der Waals surface area contributed by atoms with Crippen LogP contribution in [0.4, 0.5) is 0 Å². The Morgan fingerprint density at radius 2 is 2.00 bits per heavy atom. The molecule has 0 radical (unpaired) electrons. The number of methoxy groups -OCH3 is 2. The van der Waals surface area contributed by atoms with E-state index in [2.05, 4.69) is 47.2 Å². The standard InChI is InChI=1S/C13H20BrNO2/c1-13(2,9-16-3)15-8-10-5-6-12(17-4)11(14)7-10/h5-7,15H,8-9H2,1-4H3. The summed E-state index contributed by atoms with van der Waals surface area (Å²) in [5, 5.41) is 3.45. The maximum atomic E-state index is 5.20. The SMILES string of the molecule is COCC(C)(C)NCc1ccc(OC)c(Br)c1. The summed E-state index contributed by atoms with van der Waals surface area (Å²) in [6.07, 6.45) is 0. The summed E-state index contributed by atoms with van der Waals surface area (Å²) in [5.41, 5.74) is 1.18. The van der Waals surface area contributed by atoms with Gasteiger partial charge in [-0.25, -0.2) is 0 Å². The van der Waals surface area contributed by atoms with Crippen LogP contribution in [0.3, 0.4) is 0 Å². The van der Waals surface area contributed by atoms with Crippen LogP contribution in [0.1, 0.15) is 19.4 Å². The zero-order valence-corrected chi connectivity index (χ0v) is 12.4. The summed E-state index contributed by atoms with van der Waals surface area (Å²) in [6.45, 7) is 5.73. The van der Waals surface area contributed by atoms with Gasteiger partial charge in [0.2, 0.25) is 0 Å². The van der Waals surface area contributed by atoms with Crippen molar-refractivity contribution in [2.75, 3.05) is 20.8 Å². The Bertz CT molecular complexity index is 366. The molecule has 4 heteroatoms. The quantitative estimate of drug-likeness (QED) is 0.876. The Morgan fingerprint density at radius 3 is 2.53 bits per heavy atom. The van der Waals surface area contributed by atoms with E-state index in [4.69, 9.17) is 9.47 Å². The molecule has 0 amide bonds. The number of benzene rings is 1. The Hall–Kier alpha value is -0.580. The third-order valence-corrected chi connectivity index (χ3v) is 3.11. The van der Waals surface area contributed by atoms with Gasteiger partial charge in [-0.05, 0) is 47.5 Å². The van der Waals surface area contributed by atoms with Crippen molar-refractivity contribution in [2.24, 2.45) is 0 Å². The second-order valence-corrected chi connectivity index (χ2v) is 5.49. The molecule has 0 aliphatic carbocycles. The Morgan fingerprint density at radius 1 is 1.29 bits per heavy atom. The number of halogens is 1. The van der Waals surface area contributed by atoms with Gasteiger partial charge in [0.05, 0.1) is 18.2 Å². The van der Waals surface area contributed by atoms with Crippen LogP contribution in [0.2, 0.25) is 0 Å². The van der Waals surface area contributed by atoms with Crippen molar-refractivity contribution < 1.29 is 9.47 Å². The van der Waals surface area contributed by atoms with E-state index in [0.29, 0.717) is 6.61 Å². The van der Waals surface area contributed by atoms with Crippen LogP contribution in [0, 0.1) is 0 Å². The normalized spacial score (nSPS) is 11.6. The molecule has 0 aliphatic heterocycles. The van der Waals surface area contributed by atoms with E-state index >= 15 is 0 Å². The molecular formula is C13H20BrNO2. The van der Waals surface area contributed by atoms with Crippen molar-refractivity contribution in [1.29, 1.82) is 0 Å². The summed E-state index contributed by atoms with van der Waals surface area (Å²) >= 11 is 3.48. The van der Waals surface area contributed by atoms with Crippen molar-refractivity contribution in [3.05, 3.63) is 28.2 Å². The fraction of sp³-hybridized carbons (Fsp3) is 0.538. The lowest BCUT2D eigenvalue weighted by molar-refractivity contribution is 0.128. The molecule has 17 heavy (non-hydrogen) atoms. The third kappa shape index (κ3) is 4.66. The van der Waals surface area contributed by atoms with Crippen molar-refractivity contribution >= 4 is 15.9 Å². The van der Waals surface area contributed by atoms with Crippen molar-refractivity contribution in [3.63, 3.8) is 0 Å². The first-order chi connectivity index (χ1) is 7.98. The van der Waals surface area contributed by atoms with Crippen LogP contribution in [0.5, 0.6) is 5.75 Å². The Kier molecular flexibility index (Phi) is 5.43. The average Bonchev–Trinajstić information content (AvgIpc) is 2.27. The molecule has 1 rings (SSSR count). The first kappa shape index (κ1) is 14.5.